The summed E-state index contributed by atoms with van der Waals surface area (Å²) in [6.07, 6.45) is 0.283. The maximum Gasteiger partial charge on any atom is 0.342 e. The molecule has 0 spiro atoms. The molecule has 0 saturated carbocycles. The normalized spacial score (nSPS) is 27.6. The largest absolute Gasteiger partial charge is 0.507 e. The van der Waals surface area contributed by atoms with Crippen LogP contribution in [0.5, 0.6) is 0 Å². The number of carboxylic acid groups (broad SMARTS) is 3. The van der Waals surface area contributed by atoms with E-state index in [1.54, 1.807) is 0 Å². The predicted molar refractivity (Wildman–Crippen MR) is 51.7 cm³/mol. The lowest BCUT2D eigenvalue weighted by molar-refractivity contribution is -0.171. The molecule has 18 heavy (non-hydrogen) atoms. The summed E-state index contributed by atoms with van der Waals surface area (Å²) in [6, 6.07) is 0. The highest BCUT2D eigenvalue weighted by Crippen LogP contribution is 2.37. The minimum Gasteiger partial charge on any atom is -0.507 e. The van der Waals surface area contributed by atoms with Crippen molar-refractivity contribution in [3.8, 4) is 0 Å². The fourth-order valence-electron chi connectivity index (χ4n) is 1.58. The van der Waals surface area contributed by atoms with Gasteiger partial charge in [0.2, 0.25) is 5.60 Å². The first-order valence-corrected chi connectivity index (χ1v) is 4.40. The van der Waals surface area contributed by atoms with Crippen LogP contribution in [0.2, 0.25) is 0 Å². The highest BCUT2D eigenvalue weighted by molar-refractivity contribution is 6.03. The minimum atomic E-state index is -3.38. The molecule has 0 fully saturated rings. The Morgan fingerprint density at radius 3 is 1.94 bits per heavy atom. The van der Waals surface area contributed by atoms with Crippen molar-refractivity contribution in [1.29, 1.82) is 0 Å². The summed E-state index contributed by atoms with van der Waals surface area (Å²) in [4.78, 5) is 32.6. The second kappa shape index (κ2) is 4.04. The molecule has 6 N–H and O–H groups in total. The number of allylic oxidation sites excluding steroid dienone is 1. The number of hydrogen-bond donors (Lipinski definition) is 6. The third kappa shape index (κ3) is 1.66. The molecule has 98 valence electrons. The first-order chi connectivity index (χ1) is 8.13. The lowest BCUT2D eigenvalue weighted by Crippen LogP contribution is -2.54. The minimum absolute atomic E-state index is 0.283. The summed E-state index contributed by atoms with van der Waals surface area (Å²) in [7, 11) is 0. The van der Waals surface area contributed by atoms with Crippen molar-refractivity contribution in [3.05, 3.63) is 23.2 Å². The van der Waals surface area contributed by atoms with Crippen LogP contribution in [-0.2, 0) is 14.4 Å². The summed E-state index contributed by atoms with van der Waals surface area (Å²) >= 11 is 0. The van der Waals surface area contributed by atoms with Gasteiger partial charge in [0.05, 0.1) is 5.57 Å². The van der Waals surface area contributed by atoms with Crippen LogP contribution in [0.25, 0.3) is 0 Å². The van der Waals surface area contributed by atoms with Gasteiger partial charge >= 0.3 is 17.9 Å². The maximum atomic E-state index is 10.9. The van der Waals surface area contributed by atoms with Crippen molar-refractivity contribution < 1.29 is 45.0 Å². The van der Waals surface area contributed by atoms with E-state index in [0.29, 0.717) is 0 Å². The van der Waals surface area contributed by atoms with Gasteiger partial charge in [-0.1, -0.05) is 0 Å². The maximum absolute atomic E-state index is 10.9. The van der Waals surface area contributed by atoms with Gasteiger partial charge in [0.1, 0.15) is 0 Å². The molecule has 0 saturated heterocycles. The second-order valence-electron chi connectivity index (χ2n) is 3.48. The molecule has 0 heterocycles. The summed E-state index contributed by atoms with van der Waals surface area (Å²) < 4.78 is 0. The molecule has 0 aliphatic heterocycles. The van der Waals surface area contributed by atoms with Crippen molar-refractivity contribution in [3.63, 3.8) is 0 Å². The van der Waals surface area contributed by atoms with Crippen LogP contribution in [0, 0.1) is 5.92 Å². The monoisotopic (exact) mass is 260 g/mol. The second-order valence-corrected chi connectivity index (χ2v) is 3.48. The molecule has 0 radical (unpaired) electrons. The Morgan fingerprint density at radius 2 is 1.61 bits per heavy atom. The lowest BCUT2D eigenvalue weighted by atomic mass is 9.76. The SMILES string of the molecule is O=C(O)C1=CC(O)=C(O)C(C(=O)O)C1(O)C(=O)O. The Bertz CT molecular complexity index is 500. The van der Waals surface area contributed by atoms with Crippen molar-refractivity contribution in [1.82, 2.24) is 0 Å². The summed E-state index contributed by atoms with van der Waals surface area (Å²) in [5, 5.41) is 54.5. The van der Waals surface area contributed by atoms with Crippen LogP contribution in [0.3, 0.4) is 0 Å². The van der Waals surface area contributed by atoms with Crippen molar-refractivity contribution >= 4 is 17.9 Å². The predicted octanol–water partition coefficient (Wildman–Crippen LogP) is -1.14. The van der Waals surface area contributed by atoms with E-state index in [1.165, 1.54) is 0 Å². The molecule has 0 amide bonds. The van der Waals surface area contributed by atoms with Gasteiger partial charge in [-0.15, -0.1) is 0 Å². The van der Waals surface area contributed by atoms with E-state index in [2.05, 4.69) is 0 Å². The van der Waals surface area contributed by atoms with Crippen LogP contribution in [0.1, 0.15) is 0 Å². The molecule has 1 aliphatic rings. The average Bonchev–Trinajstić information content (AvgIpc) is 2.22. The number of carbonyl (C=O) groups is 3. The van der Waals surface area contributed by atoms with E-state index in [-0.39, 0.29) is 6.08 Å². The van der Waals surface area contributed by atoms with Gasteiger partial charge in [0.15, 0.2) is 17.4 Å². The third-order valence-electron chi connectivity index (χ3n) is 2.45. The Labute approximate surface area is 98.5 Å². The van der Waals surface area contributed by atoms with Gasteiger partial charge in [-0.25, -0.2) is 9.59 Å². The lowest BCUT2D eigenvalue weighted by Gasteiger charge is -2.32. The van der Waals surface area contributed by atoms with Crippen molar-refractivity contribution in [2.45, 2.75) is 5.60 Å². The average molecular weight is 260 g/mol. The van der Waals surface area contributed by atoms with Crippen molar-refractivity contribution in [2.75, 3.05) is 0 Å². The molecule has 2 atom stereocenters. The molecule has 0 bridgehead atoms. The van der Waals surface area contributed by atoms with Gasteiger partial charge in [-0.3, -0.25) is 4.79 Å². The highest BCUT2D eigenvalue weighted by Gasteiger charge is 2.58. The zero-order valence-electron chi connectivity index (χ0n) is 8.56. The number of rotatable bonds is 3. The fourth-order valence-corrected chi connectivity index (χ4v) is 1.58. The van der Waals surface area contributed by atoms with Crippen LogP contribution in [0.15, 0.2) is 23.2 Å². The van der Waals surface area contributed by atoms with Crippen molar-refractivity contribution in [2.24, 2.45) is 5.92 Å². The van der Waals surface area contributed by atoms with E-state index < -0.39 is 46.5 Å². The van der Waals surface area contributed by atoms with Gasteiger partial charge < -0.3 is 30.6 Å². The number of aliphatic hydroxyl groups is 3. The van der Waals surface area contributed by atoms with E-state index in [4.69, 9.17) is 20.4 Å². The van der Waals surface area contributed by atoms with E-state index in [9.17, 15) is 24.6 Å². The Kier molecular flexibility index (Phi) is 3.03. The third-order valence-corrected chi connectivity index (χ3v) is 2.45. The first kappa shape index (κ1) is 13.5. The first-order valence-electron chi connectivity index (χ1n) is 4.40. The molecule has 1 rings (SSSR count). The standard InChI is InChI=1S/C9H8O9/c10-3-1-2(6(12)13)9(18,8(16)17)4(5(3)11)7(14)15/h1,4,10-11,18H,(H,12,13)(H,14,15)(H,16,17). The number of aliphatic hydroxyl groups excluding tert-OH is 2. The molecule has 9 heteroatoms. The summed E-state index contributed by atoms with van der Waals surface area (Å²) in [5.41, 5.74) is -4.65. The molecular formula is C9H8O9. The quantitative estimate of drug-likeness (QED) is 0.366. The van der Waals surface area contributed by atoms with Crippen LogP contribution < -0.4 is 0 Å². The number of aliphatic carboxylic acids is 3. The van der Waals surface area contributed by atoms with Gasteiger partial charge in [0.25, 0.3) is 0 Å². The fraction of sp³-hybridized carbons (Fsp3) is 0.222. The Hall–Kier alpha value is -2.55. The zero-order chi connectivity index (χ0) is 14.2. The Balaban J connectivity index is 3.62. The highest BCUT2D eigenvalue weighted by atomic mass is 16.4. The van der Waals surface area contributed by atoms with E-state index in [0.717, 1.165) is 0 Å². The molecule has 1 aliphatic carbocycles. The smallest absolute Gasteiger partial charge is 0.342 e. The molecule has 0 aromatic heterocycles. The van der Waals surface area contributed by atoms with Crippen LogP contribution >= 0.6 is 0 Å². The molecular weight excluding hydrogens is 252 g/mol. The molecule has 9 nitrogen and oxygen atoms in total. The molecule has 0 aromatic carbocycles. The van der Waals surface area contributed by atoms with E-state index in [1.807, 2.05) is 0 Å². The van der Waals surface area contributed by atoms with E-state index >= 15 is 0 Å². The molecule has 0 aromatic rings. The zero-order valence-corrected chi connectivity index (χ0v) is 8.56. The summed E-state index contributed by atoms with van der Waals surface area (Å²) in [6.45, 7) is 0. The topological polar surface area (TPSA) is 173 Å². The summed E-state index contributed by atoms with van der Waals surface area (Å²) in [5.74, 6) is -11.1. The number of carboxylic acids is 3. The van der Waals surface area contributed by atoms with Gasteiger partial charge in [-0.05, 0) is 6.08 Å². The Morgan fingerprint density at radius 1 is 1.11 bits per heavy atom. The van der Waals surface area contributed by atoms with Crippen LogP contribution in [-0.4, -0.2) is 54.1 Å². The molecule has 2 unspecified atom stereocenters. The van der Waals surface area contributed by atoms with Gasteiger partial charge in [-0.2, -0.15) is 0 Å². The number of hydrogen-bond acceptors (Lipinski definition) is 6. The van der Waals surface area contributed by atoms with Crippen LogP contribution in [0.4, 0.5) is 0 Å². The van der Waals surface area contributed by atoms with Gasteiger partial charge in [0, 0.05) is 0 Å².